The molecule has 3 heteroatoms. The van der Waals surface area contributed by atoms with Crippen LogP contribution in [-0.4, -0.2) is 30.1 Å². The van der Waals surface area contributed by atoms with Gasteiger partial charge in [0.25, 0.3) is 0 Å². The zero-order valence-electron chi connectivity index (χ0n) is 12.2. The van der Waals surface area contributed by atoms with Gasteiger partial charge in [-0.25, -0.2) is 4.39 Å². The van der Waals surface area contributed by atoms with Crippen LogP contribution in [0.5, 0.6) is 0 Å². The van der Waals surface area contributed by atoms with Gasteiger partial charge in [-0.2, -0.15) is 0 Å². The highest BCUT2D eigenvalue weighted by Crippen LogP contribution is 2.34. The molecular weight excluding hydrogens is 239 g/mol. The van der Waals surface area contributed by atoms with Crippen LogP contribution in [0.15, 0.2) is 24.3 Å². The molecule has 1 N–H and O–H groups in total. The third kappa shape index (κ3) is 2.98. The van der Waals surface area contributed by atoms with Crippen molar-refractivity contribution in [1.82, 2.24) is 10.2 Å². The number of likely N-dealkylation sites (tertiary alicyclic amines) is 1. The molecule has 0 amide bonds. The van der Waals surface area contributed by atoms with Crippen LogP contribution in [0.4, 0.5) is 4.39 Å². The summed E-state index contributed by atoms with van der Waals surface area (Å²) in [5.41, 5.74) is 0.704. The highest BCUT2D eigenvalue weighted by Gasteiger charge is 2.38. The zero-order valence-corrected chi connectivity index (χ0v) is 12.2. The second kappa shape index (κ2) is 6.02. The smallest absolute Gasteiger partial charge is 0.128 e. The summed E-state index contributed by atoms with van der Waals surface area (Å²) in [6.07, 6.45) is 2.50. The van der Waals surface area contributed by atoms with Crippen LogP contribution >= 0.6 is 0 Å². The zero-order chi connectivity index (χ0) is 13.9. The molecule has 106 valence electrons. The first kappa shape index (κ1) is 14.5. The van der Waals surface area contributed by atoms with Crippen LogP contribution < -0.4 is 5.32 Å². The van der Waals surface area contributed by atoms with Gasteiger partial charge in [-0.15, -0.1) is 0 Å². The minimum Gasteiger partial charge on any atom is -0.309 e. The van der Waals surface area contributed by atoms with E-state index in [1.165, 1.54) is 12.8 Å². The average Bonchev–Trinajstić information content (AvgIpc) is 2.91. The molecule has 0 bridgehead atoms. The average molecular weight is 264 g/mol. The number of halogens is 1. The van der Waals surface area contributed by atoms with E-state index in [0.29, 0.717) is 0 Å². The Bertz CT molecular complexity index is 411. The molecule has 0 spiro atoms. The van der Waals surface area contributed by atoms with Gasteiger partial charge in [0.15, 0.2) is 0 Å². The molecule has 1 aromatic carbocycles. The Balaban J connectivity index is 2.31. The first-order valence-corrected chi connectivity index (χ1v) is 7.30. The molecule has 1 unspecified atom stereocenters. The summed E-state index contributed by atoms with van der Waals surface area (Å²) in [7, 11) is 0. The lowest BCUT2D eigenvalue weighted by Gasteiger charge is -2.43. The Kier molecular flexibility index (Phi) is 4.58. The number of likely N-dealkylation sites (N-methyl/N-ethyl adjacent to an activating group) is 1. The molecule has 0 saturated carbocycles. The topological polar surface area (TPSA) is 15.3 Å². The lowest BCUT2D eigenvalue weighted by Crippen LogP contribution is -2.51. The number of nitrogens with one attached hydrogen (secondary N) is 1. The third-order valence-corrected chi connectivity index (χ3v) is 4.25. The first-order valence-electron chi connectivity index (χ1n) is 7.30. The summed E-state index contributed by atoms with van der Waals surface area (Å²) in [4.78, 5) is 2.48. The van der Waals surface area contributed by atoms with Gasteiger partial charge >= 0.3 is 0 Å². The molecule has 0 aromatic heterocycles. The Morgan fingerprint density at radius 3 is 2.47 bits per heavy atom. The molecule has 1 fully saturated rings. The normalized spacial score (nSPS) is 18.7. The molecule has 0 aliphatic carbocycles. The minimum absolute atomic E-state index is 0.0248. The maximum atomic E-state index is 14.1. The van der Waals surface area contributed by atoms with Crippen LogP contribution in [0.25, 0.3) is 0 Å². The number of nitrogens with zero attached hydrogens (tertiary/aromatic N) is 1. The molecule has 0 radical (unpaired) electrons. The van der Waals surface area contributed by atoms with Gasteiger partial charge < -0.3 is 5.32 Å². The van der Waals surface area contributed by atoms with Crippen molar-refractivity contribution in [2.24, 2.45) is 0 Å². The van der Waals surface area contributed by atoms with Crippen LogP contribution in [0.2, 0.25) is 0 Å². The van der Waals surface area contributed by atoms with Gasteiger partial charge in [0.2, 0.25) is 0 Å². The van der Waals surface area contributed by atoms with E-state index in [2.05, 4.69) is 31.0 Å². The number of benzene rings is 1. The lowest BCUT2D eigenvalue weighted by atomic mass is 9.86. The Morgan fingerprint density at radius 2 is 1.89 bits per heavy atom. The van der Waals surface area contributed by atoms with Gasteiger partial charge in [0, 0.05) is 11.1 Å². The first-order chi connectivity index (χ1) is 9.07. The van der Waals surface area contributed by atoms with Crippen LogP contribution in [0.3, 0.4) is 0 Å². The molecule has 1 saturated heterocycles. The van der Waals surface area contributed by atoms with Gasteiger partial charge in [-0.05, 0) is 52.4 Å². The van der Waals surface area contributed by atoms with Crippen molar-refractivity contribution < 1.29 is 4.39 Å². The summed E-state index contributed by atoms with van der Waals surface area (Å²) in [5, 5.41) is 3.48. The molecule has 19 heavy (non-hydrogen) atoms. The van der Waals surface area contributed by atoms with E-state index in [1.807, 2.05) is 12.1 Å². The third-order valence-electron chi connectivity index (χ3n) is 4.25. The standard InChI is InChI=1S/C16H25FN2/c1-4-18-15(13-9-5-6-10-14(13)17)16(2,3)19-11-7-8-12-19/h5-6,9-10,15,18H,4,7-8,11-12H2,1-3H3. The number of rotatable bonds is 5. The van der Waals surface area contributed by atoms with Gasteiger partial charge in [0.1, 0.15) is 5.82 Å². The lowest BCUT2D eigenvalue weighted by molar-refractivity contribution is 0.106. The highest BCUT2D eigenvalue weighted by molar-refractivity contribution is 5.24. The van der Waals surface area contributed by atoms with E-state index in [1.54, 1.807) is 12.1 Å². The minimum atomic E-state index is -0.110. The summed E-state index contributed by atoms with van der Waals surface area (Å²) >= 11 is 0. The van der Waals surface area contributed by atoms with Crippen LogP contribution in [0.1, 0.15) is 45.2 Å². The molecule has 2 rings (SSSR count). The summed E-state index contributed by atoms with van der Waals surface area (Å²) in [5.74, 6) is -0.110. The Morgan fingerprint density at radius 1 is 1.26 bits per heavy atom. The van der Waals surface area contributed by atoms with E-state index < -0.39 is 0 Å². The van der Waals surface area contributed by atoms with Crippen LogP contribution in [0, 0.1) is 5.82 Å². The molecule has 1 aromatic rings. The molecular formula is C16H25FN2. The molecule has 1 heterocycles. The van der Waals surface area contributed by atoms with E-state index in [9.17, 15) is 4.39 Å². The summed E-state index contributed by atoms with van der Waals surface area (Å²) in [6, 6.07) is 7.16. The molecule has 1 aliphatic rings. The van der Waals surface area contributed by atoms with Crippen molar-refractivity contribution in [3.63, 3.8) is 0 Å². The van der Waals surface area contributed by atoms with Crippen molar-refractivity contribution in [3.8, 4) is 0 Å². The highest BCUT2D eigenvalue weighted by atomic mass is 19.1. The summed E-state index contributed by atoms with van der Waals surface area (Å²) in [6.45, 7) is 9.59. The van der Waals surface area contributed by atoms with Crippen molar-refractivity contribution in [1.29, 1.82) is 0 Å². The number of hydrogen-bond acceptors (Lipinski definition) is 2. The fourth-order valence-electron chi connectivity index (χ4n) is 3.13. The monoisotopic (exact) mass is 264 g/mol. The summed E-state index contributed by atoms with van der Waals surface area (Å²) < 4.78 is 14.1. The maximum Gasteiger partial charge on any atom is 0.128 e. The van der Waals surface area contributed by atoms with E-state index in [4.69, 9.17) is 0 Å². The van der Waals surface area contributed by atoms with Crippen LogP contribution in [-0.2, 0) is 0 Å². The predicted molar refractivity (Wildman–Crippen MR) is 77.7 cm³/mol. The SMILES string of the molecule is CCNC(c1ccccc1F)C(C)(C)N1CCCC1. The Hall–Kier alpha value is -0.930. The molecule has 2 nitrogen and oxygen atoms in total. The fourth-order valence-corrected chi connectivity index (χ4v) is 3.13. The van der Waals surface area contributed by atoms with Crippen molar-refractivity contribution in [2.75, 3.05) is 19.6 Å². The Labute approximate surface area is 116 Å². The molecule has 1 aliphatic heterocycles. The van der Waals surface area contributed by atoms with Gasteiger partial charge in [-0.3, -0.25) is 4.90 Å². The van der Waals surface area contributed by atoms with Crippen molar-refractivity contribution in [2.45, 2.75) is 45.2 Å². The second-order valence-corrected chi connectivity index (χ2v) is 5.86. The fraction of sp³-hybridized carbons (Fsp3) is 0.625. The van der Waals surface area contributed by atoms with Crippen molar-refractivity contribution >= 4 is 0 Å². The second-order valence-electron chi connectivity index (χ2n) is 5.86. The van der Waals surface area contributed by atoms with E-state index in [-0.39, 0.29) is 17.4 Å². The predicted octanol–water partition coefficient (Wildman–Crippen LogP) is 3.35. The molecule has 1 atom stereocenters. The van der Waals surface area contributed by atoms with E-state index >= 15 is 0 Å². The van der Waals surface area contributed by atoms with Gasteiger partial charge in [0.05, 0.1) is 6.04 Å². The maximum absolute atomic E-state index is 14.1. The van der Waals surface area contributed by atoms with Gasteiger partial charge in [-0.1, -0.05) is 25.1 Å². The van der Waals surface area contributed by atoms with E-state index in [0.717, 1.165) is 25.2 Å². The quantitative estimate of drug-likeness (QED) is 0.877. The largest absolute Gasteiger partial charge is 0.309 e. The van der Waals surface area contributed by atoms with Crippen molar-refractivity contribution in [3.05, 3.63) is 35.6 Å². The number of hydrogen-bond donors (Lipinski definition) is 1.